The molecule has 0 aromatic heterocycles. The van der Waals surface area contributed by atoms with E-state index in [0.29, 0.717) is 5.71 Å². The van der Waals surface area contributed by atoms with Gasteiger partial charge in [0.2, 0.25) is 0 Å². The first-order valence-corrected chi connectivity index (χ1v) is 11.7. The van der Waals surface area contributed by atoms with Crippen molar-refractivity contribution in [3.8, 4) is 0 Å². The van der Waals surface area contributed by atoms with Crippen molar-refractivity contribution in [2.75, 3.05) is 12.9 Å². The molecule has 1 amide bonds. The molecular weight excluding hydrogens is 452 g/mol. The number of ether oxygens (including phenoxy) is 1. The van der Waals surface area contributed by atoms with Gasteiger partial charge in [0.1, 0.15) is 0 Å². The molecule has 0 unspecified atom stereocenters. The maximum absolute atomic E-state index is 12.3. The Morgan fingerprint density at radius 2 is 1.50 bits per heavy atom. The lowest BCUT2D eigenvalue weighted by Crippen LogP contribution is -2.26. The Balaban J connectivity index is 1.71. The van der Waals surface area contributed by atoms with E-state index in [2.05, 4.69) is 10.5 Å². The number of hydrazone groups is 1. The van der Waals surface area contributed by atoms with Crippen molar-refractivity contribution in [1.82, 2.24) is 5.43 Å². The molecule has 0 heterocycles. The highest BCUT2D eigenvalue weighted by atomic mass is 35.5. The van der Waals surface area contributed by atoms with Gasteiger partial charge < -0.3 is 4.74 Å². The smallest absolute Gasteiger partial charge is 0.340 e. The maximum atomic E-state index is 12.3. The van der Waals surface area contributed by atoms with Crippen LogP contribution in [-0.2, 0) is 19.4 Å². The molecule has 32 heavy (non-hydrogen) atoms. The van der Waals surface area contributed by atoms with Gasteiger partial charge >= 0.3 is 5.97 Å². The Hall–Kier alpha value is -3.49. The number of carbonyl (C=O) groups excluding carboxylic acids is 2. The highest BCUT2D eigenvalue weighted by Crippen LogP contribution is 2.21. The molecule has 0 bridgehead atoms. The topological polar surface area (TPSA) is 102 Å². The van der Waals surface area contributed by atoms with Gasteiger partial charge in [-0.15, -0.1) is 0 Å². The Kier molecular flexibility index (Phi) is 7.40. The predicted molar refractivity (Wildman–Crippen MR) is 122 cm³/mol. The van der Waals surface area contributed by atoms with E-state index in [-0.39, 0.29) is 15.5 Å². The van der Waals surface area contributed by atoms with Gasteiger partial charge in [-0.2, -0.15) is 5.10 Å². The molecule has 3 aromatic carbocycles. The van der Waals surface area contributed by atoms with E-state index < -0.39 is 28.3 Å². The van der Waals surface area contributed by atoms with Crippen LogP contribution in [0.3, 0.4) is 0 Å². The Labute approximate surface area is 190 Å². The third-order valence-electron chi connectivity index (χ3n) is 4.31. The SMILES string of the molecule is CS(=O)(=O)c1ccc(Cl)c(C(=O)OCC(=O)NN=C(c2ccccc2)c2ccccc2)c1. The second kappa shape index (κ2) is 10.2. The van der Waals surface area contributed by atoms with Gasteiger partial charge in [0, 0.05) is 17.4 Å². The Morgan fingerprint density at radius 3 is 2.03 bits per heavy atom. The average Bonchev–Trinajstić information content (AvgIpc) is 2.78. The van der Waals surface area contributed by atoms with Gasteiger partial charge in [0.25, 0.3) is 5.91 Å². The summed E-state index contributed by atoms with van der Waals surface area (Å²) in [6, 6.07) is 22.2. The van der Waals surface area contributed by atoms with Gasteiger partial charge in [0.15, 0.2) is 16.4 Å². The fourth-order valence-electron chi connectivity index (χ4n) is 2.74. The van der Waals surface area contributed by atoms with Crippen molar-refractivity contribution in [3.63, 3.8) is 0 Å². The van der Waals surface area contributed by atoms with E-state index in [4.69, 9.17) is 16.3 Å². The lowest BCUT2D eigenvalue weighted by Gasteiger charge is -2.09. The number of hydrogen-bond acceptors (Lipinski definition) is 6. The number of benzene rings is 3. The minimum atomic E-state index is -3.54. The molecule has 0 radical (unpaired) electrons. The van der Waals surface area contributed by atoms with E-state index in [0.717, 1.165) is 23.4 Å². The maximum Gasteiger partial charge on any atom is 0.340 e. The number of nitrogens with zero attached hydrogens (tertiary/aromatic N) is 1. The van der Waals surface area contributed by atoms with Crippen LogP contribution in [0, 0.1) is 0 Å². The monoisotopic (exact) mass is 470 g/mol. The number of hydrogen-bond donors (Lipinski definition) is 1. The lowest BCUT2D eigenvalue weighted by molar-refractivity contribution is -0.124. The standard InChI is InChI=1S/C23H19ClN2O5S/c1-32(29,30)18-12-13-20(24)19(14-18)23(28)31-15-21(27)25-26-22(16-8-4-2-5-9-16)17-10-6-3-7-11-17/h2-14H,15H2,1H3,(H,25,27). The molecule has 3 rings (SSSR count). The van der Waals surface area contributed by atoms with Crippen LogP contribution in [0.4, 0.5) is 0 Å². The molecule has 7 nitrogen and oxygen atoms in total. The highest BCUT2D eigenvalue weighted by Gasteiger charge is 2.18. The average molecular weight is 471 g/mol. The molecule has 0 atom stereocenters. The first-order valence-electron chi connectivity index (χ1n) is 9.40. The van der Waals surface area contributed by atoms with Crippen LogP contribution in [0.1, 0.15) is 21.5 Å². The quantitative estimate of drug-likeness (QED) is 0.323. The van der Waals surface area contributed by atoms with Gasteiger partial charge in [-0.3, -0.25) is 4.79 Å². The molecule has 0 saturated heterocycles. The van der Waals surface area contributed by atoms with Crippen LogP contribution >= 0.6 is 11.6 Å². The molecular formula is C23H19ClN2O5S. The van der Waals surface area contributed by atoms with Gasteiger partial charge in [0.05, 0.1) is 21.2 Å². The predicted octanol–water partition coefficient (Wildman–Crippen LogP) is 3.47. The van der Waals surface area contributed by atoms with E-state index in [1.807, 2.05) is 60.7 Å². The lowest BCUT2D eigenvalue weighted by atomic mass is 10.0. The van der Waals surface area contributed by atoms with Crippen molar-refractivity contribution < 1.29 is 22.7 Å². The van der Waals surface area contributed by atoms with E-state index in [9.17, 15) is 18.0 Å². The summed E-state index contributed by atoms with van der Waals surface area (Å²) in [6.45, 7) is -0.626. The summed E-state index contributed by atoms with van der Waals surface area (Å²) in [6.07, 6.45) is 1.01. The number of rotatable bonds is 7. The van der Waals surface area contributed by atoms with Gasteiger partial charge in [-0.1, -0.05) is 72.3 Å². The molecule has 0 aliphatic heterocycles. The first kappa shape index (κ1) is 23.2. The van der Waals surface area contributed by atoms with Crippen LogP contribution in [0.2, 0.25) is 5.02 Å². The minimum absolute atomic E-state index is 0.0104. The zero-order valence-corrected chi connectivity index (χ0v) is 18.6. The number of sulfone groups is 1. The summed E-state index contributed by atoms with van der Waals surface area (Å²) >= 11 is 5.98. The molecule has 0 spiro atoms. The summed E-state index contributed by atoms with van der Waals surface area (Å²) in [4.78, 5) is 24.5. The summed E-state index contributed by atoms with van der Waals surface area (Å²) < 4.78 is 28.4. The number of nitrogens with one attached hydrogen (secondary N) is 1. The molecule has 0 aliphatic rings. The normalized spacial score (nSPS) is 10.8. The van der Waals surface area contributed by atoms with Crippen LogP contribution in [0.15, 0.2) is 88.9 Å². The first-order chi connectivity index (χ1) is 15.3. The number of halogens is 1. The van der Waals surface area contributed by atoms with Crippen LogP contribution in [0.25, 0.3) is 0 Å². The van der Waals surface area contributed by atoms with Gasteiger partial charge in [-0.25, -0.2) is 18.6 Å². The van der Waals surface area contributed by atoms with Crippen LogP contribution in [-0.4, -0.2) is 38.9 Å². The number of carbonyl (C=O) groups is 2. The van der Waals surface area contributed by atoms with Crippen LogP contribution in [0.5, 0.6) is 0 Å². The van der Waals surface area contributed by atoms with E-state index >= 15 is 0 Å². The van der Waals surface area contributed by atoms with E-state index in [1.54, 1.807) is 0 Å². The summed E-state index contributed by atoms with van der Waals surface area (Å²) in [5.41, 5.74) is 4.35. The number of esters is 1. The third-order valence-corrected chi connectivity index (χ3v) is 5.75. The second-order valence-corrected chi connectivity index (χ2v) is 9.14. The van der Waals surface area contributed by atoms with Gasteiger partial charge in [-0.05, 0) is 18.2 Å². The van der Waals surface area contributed by atoms with Crippen molar-refractivity contribution in [2.45, 2.75) is 4.90 Å². The summed E-state index contributed by atoms with van der Waals surface area (Å²) in [5, 5.41) is 4.21. The van der Waals surface area contributed by atoms with Crippen molar-refractivity contribution in [2.24, 2.45) is 5.10 Å². The number of amides is 1. The fraction of sp³-hybridized carbons (Fsp3) is 0.0870. The fourth-order valence-corrected chi connectivity index (χ4v) is 3.58. The van der Waals surface area contributed by atoms with E-state index in [1.165, 1.54) is 12.1 Å². The molecule has 9 heteroatoms. The summed E-state index contributed by atoms with van der Waals surface area (Å²) in [7, 11) is -3.54. The largest absolute Gasteiger partial charge is 0.452 e. The molecule has 0 fully saturated rings. The molecule has 3 aromatic rings. The highest BCUT2D eigenvalue weighted by molar-refractivity contribution is 7.90. The second-order valence-electron chi connectivity index (χ2n) is 6.72. The zero-order valence-electron chi connectivity index (χ0n) is 17.0. The summed E-state index contributed by atoms with van der Waals surface area (Å²) in [5.74, 6) is -1.59. The zero-order chi connectivity index (χ0) is 23.1. The van der Waals surface area contributed by atoms with Crippen molar-refractivity contribution in [1.29, 1.82) is 0 Å². The Morgan fingerprint density at radius 1 is 0.938 bits per heavy atom. The van der Waals surface area contributed by atoms with Crippen molar-refractivity contribution in [3.05, 3.63) is 101 Å². The minimum Gasteiger partial charge on any atom is -0.452 e. The van der Waals surface area contributed by atoms with Crippen LogP contribution < -0.4 is 5.43 Å². The molecule has 0 aliphatic carbocycles. The molecule has 0 saturated carbocycles. The van der Waals surface area contributed by atoms with Crippen molar-refractivity contribution >= 4 is 39.0 Å². The Bertz CT molecular complexity index is 1220. The molecule has 164 valence electrons. The molecule has 1 N–H and O–H groups in total. The third kappa shape index (κ3) is 6.03.